The molecule has 1 fully saturated rings. The summed E-state index contributed by atoms with van der Waals surface area (Å²) in [6.45, 7) is 6.92. The van der Waals surface area contributed by atoms with E-state index in [4.69, 9.17) is 4.74 Å². The van der Waals surface area contributed by atoms with Crippen LogP contribution in [0.15, 0.2) is 18.2 Å². The van der Waals surface area contributed by atoms with Gasteiger partial charge in [-0.15, -0.1) is 0 Å². The van der Waals surface area contributed by atoms with Gasteiger partial charge in [-0.05, 0) is 50.8 Å². The van der Waals surface area contributed by atoms with Gasteiger partial charge in [0.05, 0.1) is 19.2 Å². The van der Waals surface area contributed by atoms with E-state index in [0.717, 1.165) is 12.0 Å². The summed E-state index contributed by atoms with van der Waals surface area (Å²) in [6.07, 6.45) is 3.51. The molecule has 1 aromatic rings. The third-order valence-electron chi connectivity index (χ3n) is 4.41. The van der Waals surface area contributed by atoms with Gasteiger partial charge < -0.3 is 4.74 Å². The number of likely N-dealkylation sites (tertiary alicyclic amines) is 1. The quantitative estimate of drug-likeness (QED) is 0.771. The molecular weight excluding hydrogens is 250 g/mol. The number of carbonyl (C=O) groups excluding carboxylic acids is 1. The largest absolute Gasteiger partial charge is 0.496 e. The van der Waals surface area contributed by atoms with E-state index in [0.29, 0.717) is 29.9 Å². The van der Waals surface area contributed by atoms with Crippen LogP contribution in [0.2, 0.25) is 0 Å². The van der Waals surface area contributed by atoms with Gasteiger partial charge in [0.15, 0.2) is 5.78 Å². The summed E-state index contributed by atoms with van der Waals surface area (Å²) in [5.74, 6) is 0.851. The molecule has 1 heterocycles. The lowest BCUT2D eigenvalue weighted by Gasteiger charge is -2.27. The summed E-state index contributed by atoms with van der Waals surface area (Å²) in [4.78, 5) is 14.9. The second-order valence-electron chi connectivity index (χ2n) is 5.79. The molecule has 1 aliphatic heterocycles. The first-order chi connectivity index (χ1) is 9.56. The van der Waals surface area contributed by atoms with Crippen molar-refractivity contribution in [2.45, 2.75) is 52.1 Å². The van der Waals surface area contributed by atoms with Crippen LogP contribution in [0.1, 0.15) is 49.0 Å². The molecule has 3 nitrogen and oxygen atoms in total. The summed E-state index contributed by atoms with van der Waals surface area (Å²) >= 11 is 0. The van der Waals surface area contributed by atoms with Gasteiger partial charge in [0.25, 0.3) is 0 Å². The van der Waals surface area contributed by atoms with Gasteiger partial charge in [-0.25, -0.2) is 0 Å². The zero-order valence-electron chi connectivity index (χ0n) is 13.0. The van der Waals surface area contributed by atoms with Gasteiger partial charge in [-0.1, -0.05) is 13.0 Å². The average molecular weight is 275 g/mol. The highest BCUT2D eigenvalue weighted by molar-refractivity contribution is 6.00. The van der Waals surface area contributed by atoms with Crippen LogP contribution < -0.4 is 4.74 Å². The Kier molecular flexibility index (Phi) is 4.81. The molecule has 2 rings (SSSR count). The highest BCUT2D eigenvalue weighted by atomic mass is 16.5. The molecule has 0 aromatic heterocycles. The summed E-state index contributed by atoms with van der Waals surface area (Å²) in [7, 11) is 1.62. The Morgan fingerprint density at radius 2 is 2.15 bits per heavy atom. The molecule has 0 bridgehead atoms. The summed E-state index contributed by atoms with van der Waals surface area (Å²) in [6, 6.07) is 6.84. The molecule has 2 atom stereocenters. The number of rotatable bonds is 5. The van der Waals surface area contributed by atoms with Gasteiger partial charge in [0, 0.05) is 12.1 Å². The van der Waals surface area contributed by atoms with E-state index in [1.54, 1.807) is 7.11 Å². The normalized spacial score (nSPS) is 23.0. The molecule has 0 saturated carbocycles. The SMILES string of the molecule is CCC1CCC(C)N1CC(=O)c1ccc(C)cc1OC. The van der Waals surface area contributed by atoms with E-state index in [2.05, 4.69) is 18.7 Å². The van der Waals surface area contributed by atoms with E-state index < -0.39 is 0 Å². The number of aryl methyl sites for hydroxylation is 1. The van der Waals surface area contributed by atoms with Crippen molar-refractivity contribution in [2.24, 2.45) is 0 Å². The first kappa shape index (κ1) is 15.0. The fourth-order valence-electron chi connectivity index (χ4n) is 3.13. The number of hydrogen-bond donors (Lipinski definition) is 0. The van der Waals surface area contributed by atoms with Crippen molar-refractivity contribution in [2.75, 3.05) is 13.7 Å². The van der Waals surface area contributed by atoms with Crippen molar-refractivity contribution in [3.8, 4) is 5.75 Å². The predicted octanol–water partition coefficient (Wildman–Crippen LogP) is 3.45. The lowest BCUT2D eigenvalue weighted by molar-refractivity contribution is 0.0886. The number of benzene rings is 1. The lowest BCUT2D eigenvalue weighted by Crippen LogP contribution is -2.38. The maximum atomic E-state index is 12.6. The number of ether oxygens (including phenoxy) is 1. The fourth-order valence-corrected chi connectivity index (χ4v) is 3.13. The maximum absolute atomic E-state index is 12.6. The fraction of sp³-hybridized carbons (Fsp3) is 0.588. The molecule has 3 heteroatoms. The number of carbonyl (C=O) groups is 1. The Morgan fingerprint density at radius 1 is 1.40 bits per heavy atom. The van der Waals surface area contributed by atoms with Crippen molar-refractivity contribution in [3.63, 3.8) is 0 Å². The predicted molar refractivity (Wildman–Crippen MR) is 81.5 cm³/mol. The van der Waals surface area contributed by atoms with Gasteiger partial charge in [0.1, 0.15) is 5.75 Å². The Labute approximate surface area is 121 Å². The maximum Gasteiger partial charge on any atom is 0.180 e. The molecule has 1 aliphatic rings. The van der Waals surface area contributed by atoms with Crippen LogP contribution in [-0.4, -0.2) is 36.4 Å². The van der Waals surface area contributed by atoms with Crippen LogP contribution in [0.3, 0.4) is 0 Å². The minimum absolute atomic E-state index is 0.161. The van der Waals surface area contributed by atoms with Gasteiger partial charge in [0.2, 0.25) is 0 Å². The Bertz CT molecular complexity index is 484. The van der Waals surface area contributed by atoms with Crippen LogP contribution in [0.25, 0.3) is 0 Å². The van der Waals surface area contributed by atoms with Crippen molar-refractivity contribution < 1.29 is 9.53 Å². The molecule has 0 amide bonds. The highest BCUT2D eigenvalue weighted by Gasteiger charge is 2.31. The van der Waals surface area contributed by atoms with Crippen LogP contribution in [0.4, 0.5) is 0 Å². The standard InChI is InChI=1S/C17H25NO2/c1-5-14-8-7-13(3)18(14)11-16(19)15-9-6-12(2)10-17(15)20-4/h6,9-10,13-14H,5,7-8,11H2,1-4H3. The second-order valence-corrected chi connectivity index (χ2v) is 5.79. The minimum atomic E-state index is 0.161. The van der Waals surface area contributed by atoms with E-state index in [9.17, 15) is 4.79 Å². The molecule has 0 N–H and O–H groups in total. The molecule has 0 aliphatic carbocycles. The van der Waals surface area contributed by atoms with Gasteiger partial charge in [-0.3, -0.25) is 9.69 Å². The average Bonchev–Trinajstić information content (AvgIpc) is 2.79. The van der Waals surface area contributed by atoms with Crippen molar-refractivity contribution in [1.82, 2.24) is 4.90 Å². The Balaban J connectivity index is 2.16. The van der Waals surface area contributed by atoms with Gasteiger partial charge in [-0.2, -0.15) is 0 Å². The first-order valence-electron chi connectivity index (χ1n) is 7.50. The van der Waals surface area contributed by atoms with E-state index in [-0.39, 0.29) is 5.78 Å². The van der Waals surface area contributed by atoms with Crippen LogP contribution >= 0.6 is 0 Å². The molecule has 0 radical (unpaired) electrons. The molecule has 1 saturated heterocycles. The third-order valence-corrected chi connectivity index (χ3v) is 4.41. The smallest absolute Gasteiger partial charge is 0.180 e. The zero-order chi connectivity index (χ0) is 14.7. The molecule has 20 heavy (non-hydrogen) atoms. The Morgan fingerprint density at radius 3 is 2.80 bits per heavy atom. The number of Topliss-reactive ketones (excluding diaryl/α,β-unsaturated/α-hetero) is 1. The minimum Gasteiger partial charge on any atom is -0.496 e. The van der Waals surface area contributed by atoms with Crippen molar-refractivity contribution >= 4 is 5.78 Å². The van der Waals surface area contributed by atoms with E-state index in [1.807, 2.05) is 25.1 Å². The third kappa shape index (κ3) is 3.04. The van der Waals surface area contributed by atoms with Crippen LogP contribution in [-0.2, 0) is 0 Å². The molecule has 110 valence electrons. The highest BCUT2D eigenvalue weighted by Crippen LogP contribution is 2.27. The number of ketones is 1. The monoisotopic (exact) mass is 275 g/mol. The number of hydrogen-bond acceptors (Lipinski definition) is 3. The Hall–Kier alpha value is -1.35. The van der Waals surface area contributed by atoms with Crippen molar-refractivity contribution in [1.29, 1.82) is 0 Å². The lowest BCUT2D eigenvalue weighted by atomic mass is 10.1. The molecule has 2 unspecified atom stereocenters. The summed E-state index contributed by atoms with van der Waals surface area (Å²) < 4.78 is 5.35. The second kappa shape index (κ2) is 6.40. The van der Waals surface area contributed by atoms with E-state index in [1.165, 1.54) is 12.8 Å². The number of methoxy groups -OCH3 is 1. The van der Waals surface area contributed by atoms with Crippen molar-refractivity contribution in [3.05, 3.63) is 29.3 Å². The van der Waals surface area contributed by atoms with Crippen LogP contribution in [0.5, 0.6) is 5.75 Å². The first-order valence-corrected chi connectivity index (χ1v) is 7.50. The molecule has 0 spiro atoms. The molecular formula is C17H25NO2. The van der Waals surface area contributed by atoms with Crippen LogP contribution in [0, 0.1) is 6.92 Å². The zero-order valence-corrected chi connectivity index (χ0v) is 13.0. The molecule has 1 aromatic carbocycles. The summed E-state index contributed by atoms with van der Waals surface area (Å²) in [5, 5.41) is 0. The van der Waals surface area contributed by atoms with E-state index >= 15 is 0 Å². The topological polar surface area (TPSA) is 29.5 Å². The van der Waals surface area contributed by atoms with Gasteiger partial charge >= 0.3 is 0 Å². The number of nitrogens with zero attached hydrogens (tertiary/aromatic N) is 1. The summed E-state index contributed by atoms with van der Waals surface area (Å²) in [5.41, 5.74) is 1.81.